The lowest BCUT2D eigenvalue weighted by atomic mass is 10.0. The van der Waals surface area contributed by atoms with Crippen molar-refractivity contribution in [2.45, 2.75) is 45.3 Å². The summed E-state index contributed by atoms with van der Waals surface area (Å²) in [5.41, 5.74) is -0.504. The summed E-state index contributed by atoms with van der Waals surface area (Å²) in [6, 6.07) is 0.234. The van der Waals surface area contributed by atoms with Crippen LogP contribution in [-0.2, 0) is 14.3 Å². The first-order chi connectivity index (χ1) is 11.2. The molecular weight excluding hydrogens is 314 g/mol. The van der Waals surface area contributed by atoms with Gasteiger partial charge >= 0.3 is 6.09 Å². The number of piperazine rings is 1. The van der Waals surface area contributed by atoms with Crippen molar-refractivity contribution in [2.75, 3.05) is 39.3 Å². The van der Waals surface area contributed by atoms with Gasteiger partial charge in [-0.3, -0.25) is 9.69 Å². The van der Waals surface area contributed by atoms with Gasteiger partial charge in [0, 0.05) is 32.2 Å². The summed E-state index contributed by atoms with van der Waals surface area (Å²) in [5, 5.41) is 10.6. The molecule has 2 fully saturated rings. The molecule has 0 aromatic rings. The van der Waals surface area contributed by atoms with Crippen molar-refractivity contribution in [3.63, 3.8) is 0 Å². The van der Waals surface area contributed by atoms with E-state index in [9.17, 15) is 19.5 Å². The van der Waals surface area contributed by atoms with Crippen LogP contribution in [0.15, 0.2) is 0 Å². The fourth-order valence-corrected chi connectivity index (χ4v) is 3.10. The van der Waals surface area contributed by atoms with Gasteiger partial charge in [0.05, 0.1) is 19.1 Å². The van der Waals surface area contributed by atoms with Crippen LogP contribution < -0.4 is 5.11 Å². The number of rotatable bonds is 3. The van der Waals surface area contributed by atoms with E-state index in [-0.39, 0.29) is 31.1 Å². The van der Waals surface area contributed by atoms with E-state index in [4.69, 9.17) is 4.74 Å². The zero-order valence-electron chi connectivity index (χ0n) is 14.6. The molecule has 2 amide bonds. The molecule has 0 atom stereocenters. The number of carbonyl (C=O) groups is 3. The zero-order chi connectivity index (χ0) is 17.9. The molecule has 0 aromatic heterocycles. The van der Waals surface area contributed by atoms with Crippen LogP contribution in [0.2, 0.25) is 0 Å². The van der Waals surface area contributed by atoms with Crippen LogP contribution in [-0.4, -0.2) is 83.6 Å². The Morgan fingerprint density at radius 1 is 1.17 bits per heavy atom. The summed E-state index contributed by atoms with van der Waals surface area (Å²) in [6.45, 7) is 7.67. The molecule has 8 heteroatoms. The number of aliphatic carboxylic acids is 1. The van der Waals surface area contributed by atoms with Gasteiger partial charge < -0.3 is 24.4 Å². The van der Waals surface area contributed by atoms with Crippen molar-refractivity contribution in [2.24, 2.45) is 0 Å². The Hall–Kier alpha value is -1.83. The first-order valence-corrected chi connectivity index (χ1v) is 8.35. The van der Waals surface area contributed by atoms with Gasteiger partial charge in [-0.05, 0) is 33.6 Å². The van der Waals surface area contributed by atoms with Gasteiger partial charge in [0.25, 0.3) is 0 Å². The van der Waals surface area contributed by atoms with Gasteiger partial charge in [-0.15, -0.1) is 0 Å². The molecule has 0 saturated carbocycles. The Kier molecular flexibility index (Phi) is 5.69. The van der Waals surface area contributed by atoms with Gasteiger partial charge in [0.15, 0.2) is 0 Å². The molecule has 0 spiro atoms. The highest BCUT2D eigenvalue weighted by atomic mass is 16.6. The van der Waals surface area contributed by atoms with Crippen molar-refractivity contribution in [1.82, 2.24) is 14.7 Å². The lowest BCUT2D eigenvalue weighted by Crippen LogP contribution is -2.57. The molecule has 0 bridgehead atoms. The molecule has 136 valence electrons. The van der Waals surface area contributed by atoms with Crippen LogP contribution in [0.3, 0.4) is 0 Å². The standard InChI is InChI=1S/C16H27N3O5/c1-16(2,3)24-15(23)17-6-4-12(5-7-17)18-8-9-19(11-14(21)22)13(20)10-18/h12H,4-11H2,1-3H3,(H,21,22)/p-1. The second kappa shape index (κ2) is 7.38. The van der Waals surface area contributed by atoms with Gasteiger partial charge in [-0.1, -0.05) is 0 Å². The number of carboxylic acids is 1. The van der Waals surface area contributed by atoms with E-state index in [0.717, 1.165) is 12.8 Å². The van der Waals surface area contributed by atoms with Crippen LogP contribution in [0.5, 0.6) is 0 Å². The Morgan fingerprint density at radius 2 is 1.79 bits per heavy atom. The lowest BCUT2D eigenvalue weighted by Gasteiger charge is -2.42. The fraction of sp³-hybridized carbons (Fsp3) is 0.812. The van der Waals surface area contributed by atoms with E-state index in [1.54, 1.807) is 4.90 Å². The third-order valence-corrected chi connectivity index (χ3v) is 4.30. The molecule has 2 aliphatic heterocycles. The summed E-state index contributed by atoms with van der Waals surface area (Å²) >= 11 is 0. The number of piperidine rings is 1. The maximum atomic E-state index is 12.1. The minimum absolute atomic E-state index is 0.181. The highest BCUT2D eigenvalue weighted by Crippen LogP contribution is 2.20. The fourth-order valence-electron chi connectivity index (χ4n) is 3.10. The van der Waals surface area contributed by atoms with E-state index < -0.39 is 11.6 Å². The van der Waals surface area contributed by atoms with Crippen LogP contribution in [0, 0.1) is 0 Å². The molecule has 8 nitrogen and oxygen atoms in total. The number of carboxylic acid groups (broad SMARTS) is 1. The second-order valence-corrected chi connectivity index (χ2v) is 7.36. The van der Waals surface area contributed by atoms with Crippen molar-refractivity contribution in [1.29, 1.82) is 0 Å². The van der Waals surface area contributed by atoms with Crippen LogP contribution in [0.25, 0.3) is 0 Å². The van der Waals surface area contributed by atoms with E-state index in [1.165, 1.54) is 4.90 Å². The predicted octanol–water partition coefficient (Wildman–Crippen LogP) is -0.720. The Labute approximate surface area is 142 Å². The Bertz CT molecular complexity index is 494. The third-order valence-electron chi connectivity index (χ3n) is 4.30. The molecule has 0 aromatic carbocycles. The van der Waals surface area contributed by atoms with Gasteiger partial charge in [-0.25, -0.2) is 4.79 Å². The van der Waals surface area contributed by atoms with Crippen LogP contribution in [0.1, 0.15) is 33.6 Å². The van der Waals surface area contributed by atoms with Gasteiger partial charge in [0.2, 0.25) is 5.91 Å². The molecule has 2 rings (SSSR count). The van der Waals surface area contributed by atoms with E-state index in [2.05, 4.69) is 4.90 Å². The van der Waals surface area contributed by atoms with Crippen molar-refractivity contribution in [3.8, 4) is 0 Å². The zero-order valence-corrected chi connectivity index (χ0v) is 14.6. The second-order valence-electron chi connectivity index (χ2n) is 7.36. The summed E-state index contributed by atoms with van der Waals surface area (Å²) in [4.78, 5) is 39.8. The first kappa shape index (κ1) is 18.5. The monoisotopic (exact) mass is 340 g/mol. The molecule has 0 aliphatic carbocycles. The summed E-state index contributed by atoms with van der Waals surface area (Å²) < 4.78 is 5.38. The first-order valence-electron chi connectivity index (χ1n) is 8.35. The Balaban J connectivity index is 1.80. The average Bonchev–Trinajstić information content (AvgIpc) is 2.47. The molecule has 2 heterocycles. The highest BCUT2D eigenvalue weighted by molar-refractivity contribution is 5.82. The third kappa shape index (κ3) is 5.09. The Morgan fingerprint density at radius 3 is 2.29 bits per heavy atom. The number of ether oxygens (including phenoxy) is 1. The van der Waals surface area contributed by atoms with Crippen LogP contribution >= 0.6 is 0 Å². The molecule has 24 heavy (non-hydrogen) atoms. The van der Waals surface area contributed by atoms with Crippen molar-refractivity contribution in [3.05, 3.63) is 0 Å². The largest absolute Gasteiger partial charge is 0.548 e. The summed E-state index contributed by atoms with van der Waals surface area (Å²) in [6.07, 6.45) is 1.27. The molecule has 0 N–H and O–H groups in total. The highest BCUT2D eigenvalue weighted by Gasteiger charge is 2.33. The van der Waals surface area contributed by atoms with Crippen LogP contribution in [0.4, 0.5) is 4.79 Å². The van der Waals surface area contributed by atoms with Gasteiger partial charge in [-0.2, -0.15) is 0 Å². The lowest BCUT2D eigenvalue weighted by molar-refractivity contribution is -0.306. The summed E-state index contributed by atoms with van der Waals surface area (Å²) in [7, 11) is 0. The number of likely N-dealkylation sites (tertiary alicyclic amines) is 1. The van der Waals surface area contributed by atoms with E-state index >= 15 is 0 Å². The van der Waals surface area contributed by atoms with Gasteiger partial charge in [0.1, 0.15) is 5.60 Å². The SMILES string of the molecule is CC(C)(C)OC(=O)N1CCC(N2CCN(CC(=O)[O-])C(=O)C2)CC1. The number of nitrogens with zero attached hydrogens (tertiary/aromatic N) is 3. The van der Waals surface area contributed by atoms with Crippen molar-refractivity contribution >= 4 is 18.0 Å². The maximum Gasteiger partial charge on any atom is 0.410 e. The smallest absolute Gasteiger partial charge is 0.410 e. The maximum absolute atomic E-state index is 12.1. The molecule has 0 unspecified atom stereocenters. The molecular formula is C16H26N3O5-. The normalized spacial score (nSPS) is 21.0. The topological polar surface area (TPSA) is 93.2 Å². The number of hydrogen-bond donors (Lipinski definition) is 0. The molecule has 2 saturated heterocycles. The quantitative estimate of drug-likeness (QED) is 0.673. The molecule has 0 radical (unpaired) electrons. The van der Waals surface area contributed by atoms with E-state index in [0.29, 0.717) is 26.2 Å². The predicted molar refractivity (Wildman–Crippen MR) is 84.0 cm³/mol. The number of carbonyl (C=O) groups excluding carboxylic acids is 3. The summed E-state index contributed by atoms with van der Waals surface area (Å²) in [5.74, 6) is -1.41. The molecule has 2 aliphatic rings. The minimum Gasteiger partial charge on any atom is -0.548 e. The van der Waals surface area contributed by atoms with Crippen molar-refractivity contribution < 1.29 is 24.2 Å². The number of hydrogen-bond acceptors (Lipinski definition) is 6. The van der Waals surface area contributed by atoms with E-state index in [1.807, 2.05) is 20.8 Å². The minimum atomic E-state index is -1.23. The number of amides is 2. The average molecular weight is 340 g/mol.